The van der Waals surface area contributed by atoms with E-state index in [1.165, 1.54) is 140 Å². The molecule has 1 N–H and O–H groups in total. The van der Waals surface area contributed by atoms with Gasteiger partial charge < -0.3 is 14.8 Å². The second kappa shape index (κ2) is 30.5. The smallest absolute Gasteiger partial charge is 0.407 e. The molecular weight excluding hydrogens is 504 g/mol. The first-order valence-electron chi connectivity index (χ1n) is 17.1. The van der Waals surface area contributed by atoms with Gasteiger partial charge in [0, 0.05) is 19.6 Å². The molecule has 232 valence electrons. The lowest BCUT2D eigenvalue weighted by atomic mass is 10.1. The van der Waals surface area contributed by atoms with E-state index in [9.17, 15) is 4.79 Å². The second-order valence-corrected chi connectivity index (χ2v) is 12.8. The first-order chi connectivity index (χ1) is 19.3. The number of thioether (sulfide) groups is 1. The van der Waals surface area contributed by atoms with Gasteiger partial charge >= 0.3 is 6.09 Å². The molecule has 0 aromatic rings. The lowest BCUT2D eigenvalue weighted by Gasteiger charge is -2.26. The number of nitrogens with zero attached hydrogens (tertiary/aromatic N) is 1. The van der Waals surface area contributed by atoms with Crippen molar-refractivity contribution in [1.82, 2.24) is 10.2 Å². The Balaban J connectivity index is 1.66. The van der Waals surface area contributed by atoms with E-state index < -0.39 is 0 Å². The quantitative estimate of drug-likeness (QED) is 0.0908. The standard InChI is InChI=1S/C33H66N2O3S/c1-2-3-4-5-6-7-9-12-17-22-31-39-32-23-18-13-10-8-11-14-19-24-34-33(36)38-28-21-16-15-20-25-35-26-29-37-30-27-35/h2-32H2,1H3,(H,34,36). The molecule has 39 heavy (non-hydrogen) atoms. The van der Waals surface area contributed by atoms with E-state index >= 15 is 0 Å². The van der Waals surface area contributed by atoms with Crippen molar-refractivity contribution in [3.63, 3.8) is 0 Å². The van der Waals surface area contributed by atoms with Crippen molar-refractivity contribution in [2.45, 2.75) is 148 Å². The summed E-state index contributed by atoms with van der Waals surface area (Å²) < 4.78 is 10.7. The molecular formula is C33H66N2O3S. The number of unbranched alkanes of at least 4 members (excludes halogenated alkanes) is 19. The number of amides is 1. The van der Waals surface area contributed by atoms with Gasteiger partial charge in [0.15, 0.2) is 0 Å². The van der Waals surface area contributed by atoms with Crippen molar-refractivity contribution in [2.24, 2.45) is 0 Å². The molecule has 0 unspecified atom stereocenters. The van der Waals surface area contributed by atoms with Gasteiger partial charge in [-0.1, -0.05) is 116 Å². The first-order valence-corrected chi connectivity index (χ1v) is 18.3. The summed E-state index contributed by atoms with van der Waals surface area (Å²) in [5, 5.41) is 2.91. The van der Waals surface area contributed by atoms with Crippen LogP contribution in [0.2, 0.25) is 0 Å². The second-order valence-electron chi connectivity index (χ2n) is 11.6. The monoisotopic (exact) mass is 570 g/mol. The Morgan fingerprint density at radius 3 is 1.74 bits per heavy atom. The molecule has 1 saturated heterocycles. The summed E-state index contributed by atoms with van der Waals surface area (Å²) in [5.41, 5.74) is 0. The lowest BCUT2D eigenvalue weighted by molar-refractivity contribution is 0.0371. The lowest BCUT2D eigenvalue weighted by Crippen LogP contribution is -2.36. The Morgan fingerprint density at radius 2 is 1.15 bits per heavy atom. The van der Waals surface area contributed by atoms with Gasteiger partial charge in [-0.25, -0.2) is 4.79 Å². The van der Waals surface area contributed by atoms with E-state index in [2.05, 4.69) is 28.9 Å². The number of hydrogen-bond donors (Lipinski definition) is 1. The average molecular weight is 571 g/mol. The number of carbonyl (C=O) groups excluding carboxylic acids is 1. The number of alkyl carbamates (subject to hydrolysis) is 1. The van der Waals surface area contributed by atoms with Crippen molar-refractivity contribution in [3.05, 3.63) is 0 Å². The van der Waals surface area contributed by atoms with Gasteiger partial charge in [-0.2, -0.15) is 11.8 Å². The zero-order valence-electron chi connectivity index (χ0n) is 26.0. The van der Waals surface area contributed by atoms with E-state index in [-0.39, 0.29) is 6.09 Å². The van der Waals surface area contributed by atoms with Gasteiger partial charge in [-0.3, -0.25) is 4.90 Å². The Labute approximate surface area is 247 Å². The number of hydrogen-bond acceptors (Lipinski definition) is 5. The maximum atomic E-state index is 11.8. The van der Waals surface area contributed by atoms with Crippen molar-refractivity contribution in [3.8, 4) is 0 Å². The predicted octanol–water partition coefficient (Wildman–Crippen LogP) is 9.38. The third-order valence-corrected chi connectivity index (χ3v) is 8.99. The number of nitrogens with one attached hydrogen (secondary N) is 1. The minimum atomic E-state index is -0.241. The van der Waals surface area contributed by atoms with Crippen LogP contribution in [0.25, 0.3) is 0 Å². The summed E-state index contributed by atoms with van der Waals surface area (Å²) in [7, 11) is 0. The van der Waals surface area contributed by atoms with Gasteiger partial charge in [0.1, 0.15) is 0 Å². The van der Waals surface area contributed by atoms with Crippen LogP contribution < -0.4 is 5.32 Å². The number of morpholine rings is 1. The SMILES string of the molecule is CCCCCCCCCCCCSCCCCCCCCCCNC(=O)OCCCCCCN1CCOCC1. The van der Waals surface area contributed by atoms with E-state index in [0.29, 0.717) is 6.61 Å². The van der Waals surface area contributed by atoms with Gasteiger partial charge in [0.05, 0.1) is 19.8 Å². The van der Waals surface area contributed by atoms with Gasteiger partial charge in [0.25, 0.3) is 0 Å². The van der Waals surface area contributed by atoms with E-state index in [1.54, 1.807) is 0 Å². The first kappa shape index (κ1) is 36.6. The molecule has 0 aromatic heterocycles. The minimum Gasteiger partial charge on any atom is -0.450 e. The predicted molar refractivity (Wildman–Crippen MR) is 171 cm³/mol. The van der Waals surface area contributed by atoms with Crippen LogP contribution in [0.1, 0.15) is 148 Å². The maximum absolute atomic E-state index is 11.8. The Morgan fingerprint density at radius 1 is 0.667 bits per heavy atom. The zero-order valence-corrected chi connectivity index (χ0v) is 26.8. The third-order valence-electron chi connectivity index (χ3n) is 7.83. The topological polar surface area (TPSA) is 50.8 Å². The molecule has 1 aliphatic heterocycles. The molecule has 0 saturated carbocycles. The van der Waals surface area contributed by atoms with E-state index in [0.717, 1.165) is 52.1 Å². The van der Waals surface area contributed by atoms with Gasteiger partial charge in [0.2, 0.25) is 0 Å². The normalized spacial score (nSPS) is 14.1. The summed E-state index contributed by atoms with van der Waals surface area (Å²) in [5.74, 6) is 2.72. The minimum absolute atomic E-state index is 0.241. The van der Waals surface area contributed by atoms with Crippen LogP contribution in [-0.2, 0) is 9.47 Å². The van der Waals surface area contributed by atoms with Gasteiger partial charge in [-0.05, 0) is 50.2 Å². The third kappa shape index (κ3) is 27.5. The molecule has 0 radical (unpaired) electrons. The highest BCUT2D eigenvalue weighted by Crippen LogP contribution is 2.15. The molecule has 6 heteroatoms. The molecule has 1 heterocycles. The van der Waals surface area contributed by atoms with Crippen LogP contribution in [0.3, 0.4) is 0 Å². The molecule has 0 atom stereocenters. The summed E-state index contributed by atoms with van der Waals surface area (Å²) in [6.45, 7) is 8.65. The van der Waals surface area contributed by atoms with Crippen molar-refractivity contribution < 1.29 is 14.3 Å². The summed E-state index contributed by atoms with van der Waals surface area (Å²) in [6.07, 6.45) is 29.1. The highest BCUT2D eigenvalue weighted by Gasteiger charge is 2.09. The molecule has 0 spiro atoms. The number of carbonyl (C=O) groups is 1. The fourth-order valence-corrected chi connectivity index (χ4v) is 6.23. The molecule has 1 amide bonds. The van der Waals surface area contributed by atoms with Crippen LogP contribution in [0.4, 0.5) is 4.79 Å². The number of rotatable bonds is 29. The van der Waals surface area contributed by atoms with E-state index in [4.69, 9.17) is 9.47 Å². The average Bonchev–Trinajstić information content (AvgIpc) is 2.95. The molecule has 1 fully saturated rings. The Kier molecular flexibility index (Phi) is 28.6. The van der Waals surface area contributed by atoms with Crippen LogP contribution in [0.15, 0.2) is 0 Å². The Bertz CT molecular complexity index is 503. The van der Waals surface area contributed by atoms with E-state index in [1.807, 2.05) is 0 Å². The fourth-order valence-electron chi connectivity index (χ4n) is 5.21. The molecule has 0 aromatic carbocycles. The fraction of sp³-hybridized carbons (Fsp3) is 0.970. The van der Waals surface area contributed by atoms with Crippen LogP contribution in [0.5, 0.6) is 0 Å². The van der Waals surface area contributed by atoms with Gasteiger partial charge in [-0.15, -0.1) is 0 Å². The Hall–Kier alpha value is -0.460. The van der Waals surface area contributed by atoms with Crippen molar-refractivity contribution >= 4 is 17.9 Å². The summed E-state index contributed by atoms with van der Waals surface area (Å²) >= 11 is 2.17. The van der Waals surface area contributed by atoms with Crippen molar-refractivity contribution in [2.75, 3.05) is 57.5 Å². The van der Waals surface area contributed by atoms with Crippen molar-refractivity contribution in [1.29, 1.82) is 0 Å². The van der Waals surface area contributed by atoms with Crippen LogP contribution in [0, 0.1) is 0 Å². The summed E-state index contributed by atoms with van der Waals surface area (Å²) in [4.78, 5) is 14.3. The zero-order chi connectivity index (χ0) is 27.9. The highest BCUT2D eigenvalue weighted by atomic mass is 32.2. The maximum Gasteiger partial charge on any atom is 0.407 e. The largest absolute Gasteiger partial charge is 0.450 e. The van der Waals surface area contributed by atoms with Crippen LogP contribution in [-0.4, -0.2) is 68.5 Å². The molecule has 1 rings (SSSR count). The number of ether oxygens (including phenoxy) is 2. The summed E-state index contributed by atoms with van der Waals surface area (Å²) in [6, 6.07) is 0. The van der Waals surface area contributed by atoms with Crippen LogP contribution >= 0.6 is 11.8 Å². The molecule has 1 aliphatic rings. The molecule has 5 nitrogen and oxygen atoms in total. The highest BCUT2D eigenvalue weighted by molar-refractivity contribution is 7.99. The molecule has 0 bridgehead atoms. The molecule has 0 aliphatic carbocycles.